The van der Waals surface area contributed by atoms with Crippen molar-refractivity contribution in [2.75, 3.05) is 14.2 Å². The fraction of sp³-hybridized carbons (Fsp3) is 0.400. The lowest BCUT2D eigenvalue weighted by molar-refractivity contribution is -0.147. The fourth-order valence-electron chi connectivity index (χ4n) is 1.92. The highest BCUT2D eigenvalue weighted by atomic mass is 19.1. The van der Waals surface area contributed by atoms with Crippen LogP contribution in [0.5, 0.6) is 0 Å². The van der Waals surface area contributed by atoms with Gasteiger partial charge in [0.2, 0.25) is 0 Å². The lowest BCUT2D eigenvalue weighted by Gasteiger charge is -2.19. The third-order valence-corrected chi connectivity index (χ3v) is 3.16. The highest BCUT2D eigenvalue weighted by Gasteiger charge is 2.28. The van der Waals surface area contributed by atoms with E-state index in [1.54, 1.807) is 0 Å². The van der Waals surface area contributed by atoms with E-state index >= 15 is 0 Å². The van der Waals surface area contributed by atoms with Crippen molar-refractivity contribution in [2.45, 2.75) is 19.4 Å². The molecular formula is C15H17F2NO5. The van der Waals surface area contributed by atoms with E-state index in [1.165, 1.54) is 14.0 Å². The van der Waals surface area contributed by atoms with Crippen LogP contribution in [0.25, 0.3) is 0 Å². The van der Waals surface area contributed by atoms with Gasteiger partial charge in [-0.1, -0.05) is 6.92 Å². The van der Waals surface area contributed by atoms with E-state index in [2.05, 4.69) is 14.8 Å². The molecule has 0 aromatic heterocycles. The number of amides is 1. The summed E-state index contributed by atoms with van der Waals surface area (Å²) >= 11 is 0. The molecule has 8 heteroatoms. The number of benzene rings is 1. The minimum atomic E-state index is -1.17. The summed E-state index contributed by atoms with van der Waals surface area (Å²) in [5, 5.41) is 2.27. The SMILES string of the molecule is COC(=O)[C@H](C)C[C@@H](NC(=O)c1ccc(F)cc1F)C(=O)OC. The minimum Gasteiger partial charge on any atom is -0.469 e. The predicted molar refractivity (Wildman–Crippen MR) is 75.4 cm³/mol. The van der Waals surface area contributed by atoms with Crippen LogP contribution in [-0.2, 0) is 19.1 Å². The Morgan fingerprint density at radius 2 is 1.74 bits per heavy atom. The van der Waals surface area contributed by atoms with Crippen LogP contribution in [0.15, 0.2) is 18.2 Å². The van der Waals surface area contributed by atoms with E-state index in [-0.39, 0.29) is 6.42 Å². The Hall–Kier alpha value is -2.51. The van der Waals surface area contributed by atoms with E-state index in [0.717, 1.165) is 19.2 Å². The normalized spacial score (nSPS) is 12.9. The van der Waals surface area contributed by atoms with E-state index in [1.807, 2.05) is 0 Å². The molecule has 0 aliphatic heterocycles. The van der Waals surface area contributed by atoms with Gasteiger partial charge in [0.1, 0.15) is 17.7 Å². The lowest BCUT2D eigenvalue weighted by atomic mass is 10.0. The highest BCUT2D eigenvalue weighted by molar-refractivity contribution is 5.97. The number of nitrogens with one attached hydrogen (secondary N) is 1. The molecule has 1 amide bonds. The zero-order chi connectivity index (χ0) is 17.6. The molecule has 2 atom stereocenters. The molecule has 6 nitrogen and oxygen atoms in total. The standard InChI is InChI=1S/C15H17F2NO5/c1-8(14(20)22-2)6-12(15(21)23-3)18-13(19)10-5-4-9(16)7-11(10)17/h4-5,7-8,12H,6H2,1-3H3,(H,18,19)/t8-,12-/m1/s1. The maximum absolute atomic E-state index is 13.6. The Kier molecular flexibility index (Phi) is 6.62. The number of halogens is 2. The summed E-state index contributed by atoms with van der Waals surface area (Å²) in [5.41, 5.74) is -0.425. The van der Waals surface area contributed by atoms with Crippen LogP contribution in [0.3, 0.4) is 0 Å². The zero-order valence-corrected chi connectivity index (χ0v) is 12.9. The third-order valence-electron chi connectivity index (χ3n) is 3.16. The first-order valence-electron chi connectivity index (χ1n) is 6.71. The number of carbonyl (C=O) groups excluding carboxylic acids is 3. The molecule has 0 aliphatic carbocycles. The topological polar surface area (TPSA) is 81.7 Å². The van der Waals surface area contributed by atoms with Gasteiger partial charge in [0.25, 0.3) is 5.91 Å². The second-order valence-corrected chi connectivity index (χ2v) is 4.83. The van der Waals surface area contributed by atoms with Crippen molar-refractivity contribution < 1.29 is 32.6 Å². The Morgan fingerprint density at radius 3 is 2.26 bits per heavy atom. The van der Waals surface area contributed by atoms with Gasteiger partial charge in [-0.05, 0) is 18.6 Å². The summed E-state index contributed by atoms with van der Waals surface area (Å²) < 4.78 is 35.5. The van der Waals surface area contributed by atoms with Crippen LogP contribution in [0, 0.1) is 17.6 Å². The summed E-state index contributed by atoms with van der Waals surface area (Å²) in [7, 11) is 2.31. The van der Waals surface area contributed by atoms with Crippen molar-refractivity contribution in [3.8, 4) is 0 Å². The van der Waals surface area contributed by atoms with Crippen molar-refractivity contribution in [2.24, 2.45) is 5.92 Å². The van der Waals surface area contributed by atoms with Gasteiger partial charge in [-0.25, -0.2) is 13.6 Å². The molecule has 0 unspecified atom stereocenters. The first-order valence-corrected chi connectivity index (χ1v) is 6.71. The molecule has 0 saturated heterocycles. The number of carbonyl (C=O) groups is 3. The number of esters is 2. The molecule has 0 radical (unpaired) electrons. The Labute approximate surface area is 131 Å². The van der Waals surface area contributed by atoms with Gasteiger partial charge in [-0.2, -0.15) is 0 Å². The predicted octanol–water partition coefficient (Wildman–Crippen LogP) is 1.44. The Morgan fingerprint density at radius 1 is 1.13 bits per heavy atom. The number of methoxy groups -OCH3 is 2. The van der Waals surface area contributed by atoms with Crippen molar-refractivity contribution in [1.82, 2.24) is 5.32 Å². The molecular weight excluding hydrogens is 312 g/mol. The Balaban J connectivity index is 2.90. The van der Waals surface area contributed by atoms with E-state index < -0.39 is 47.0 Å². The molecule has 0 saturated carbocycles. The van der Waals surface area contributed by atoms with Crippen molar-refractivity contribution in [1.29, 1.82) is 0 Å². The van der Waals surface area contributed by atoms with E-state index in [9.17, 15) is 23.2 Å². The molecule has 0 heterocycles. The lowest BCUT2D eigenvalue weighted by Crippen LogP contribution is -2.43. The molecule has 1 aromatic rings. The van der Waals surface area contributed by atoms with Crippen molar-refractivity contribution in [3.63, 3.8) is 0 Å². The molecule has 23 heavy (non-hydrogen) atoms. The van der Waals surface area contributed by atoms with Crippen LogP contribution in [0.4, 0.5) is 8.78 Å². The van der Waals surface area contributed by atoms with Gasteiger partial charge in [-0.15, -0.1) is 0 Å². The second kappa shape index (κ2) is 8.21. The number of rotatable bonds is 6. The van der Waals surface area contributed by atoms with E-state index in [4.69, 9.17) is 0 Å². The molecule has 0 aliphatic rings. The maximum atomic E-state index is 13.6. The molecule has 1 rings (SSSR count). The van der Waals surface area contributed by atoms with Gasteiger partial charge in [-0.3, -0.25) is 9.59 Å². The summed E-state index contributed by atoms with van der Waals surface area (Å²) in [5.74, 6) is -4.87. The second-order valence-electron chi connectivity index (χ2n) is 4.83. The molecule has 0 bridgehead atoms. The van der Waals surface area contributed by atoms with Gasteiger partial charge < -0.3 is 14.8 Å². The van der Waals surface area contributed by atoms with Crippen molar-refractivity contribution >= 4 is 17.8 Å². The highest BCUT2D eigenvalue weighted by Crippen LogP contribution is 2.13. The first kappa shape index (κ1) is 18.5. The van der Waals surface area contributed by atoms with Crippen LogP contribution in [0.1, 0.15) is 23.7 Å². The minimum absolute atomic E-state index is 0.0894. The van der Waals surface area contributed by atoms with Gasteiger partial charge in [0.05, 0.1) is 25.7 Å². The summed E-state index contributed by atoms with van der Waals surface area (Å²) in [6, 6.07) is 1.26. The number of ether oxygens (including phenoxy) is 2. The third kappa shape index (κ3) is 5.01. The number of hydrogen-bond donors (Lipinski definition) is 1. The summed E-state index contributed by atoms with van der Waals surface area (Å²) in [6.07, 6.45) is -0.0894. The Bertz CT molecular complexity index is 606. The van der Waals surface area contributed by atoms with Crippen LogP contribution in [0.2, 0.25) is 0 Å². The first-order chi connectivity index (χ1) is 10.8. The molecule has 126 valence electrons. The largest absolute Gasteiger partial charge is 0.469 e. The molecule has 1 aromatic carbocycles. The van der Waals surface area contributed by atoms with E-state index in [0.29, 0.717) is 6.07 Å². The van der Waals surface area contributed by atoms with Crippen LogP contribution < -0.4 is 5.32 Å². The molecule has 0 fully saturated rings. The van der Waals surface area contributed by atoms with Crippen LogP contribution in [-0.4, -0.2) is 38.1 Å². The number of hydrogen-bond acceptors (Lipinski definition) is 5. The fourth-order valence-corrected chi connectivity index (χ4v) is 1.92. The zero-order valence-electron chi connectivity index (χ0n) is 12.9. The smallest absolute Gasteiger partial charge is 0.328 e. The van der Waals surface area contributed by atoms with Crippen LogP contribution >= 0.6 is 0 Å². The molecule has 0 spiro atoms. The van der Waals surface area contributed by atoms with Crippen molar-refractivity contribution in [3.05, 3.63) is 35.4 Å². The van der Waals surface area contributed by atoms with Gasteiger partial charge in [0.15, 0.2) is 0 Å². The summed E-state index contributed by atoms with van der Waals surface area (Å²) in [6.45, 7) is 1.51. The van der Waals surface area contributed by atoms with Gasteiger partial charge >= 0.3 is 11.9 Å². The average Bonchev–Trinajstić information content (AvgIpc) is 2.52. The monoisotopic (exact) mass is 329 g/mol. The quantitative estimate of drug-likeness (QED) is 0.799. The molecule has 1 N–H and O–H groups in total. The average molecular weight is 329 g/mol. The maximum Gasteiger partial charge on any atom is 0.328 e. The van der Waals surface area contributed by atoms with Gasteiger partial charge in [0, 0.05) is 6.07 Å². The summed E-state index contributed by atoms with van der Waals surface area (Å²) in [4.78, 5) is 35.2.